The lowest BCUT2D eigenvalue weighted by Crippen LogP contribution is -2.32. The Morgan fingerprint density at radius 1 is 1.44 bits per heavy atom. The fraction of sp³-hybridized carbons (Fsp3) is 0.364. The summed E-state index contributed by atoms with van der Waals surface area (Å²) in [7, 11) is -2.37. The molecular weight excluding hydrogens is 258 g/mol. The molecule has 6 nitrogen and oxygen atoms in total. The van der Waals surface area contributed by atoms with E-state index in [2.05, 4.69) is 4.72 Å². The van der Waals surface area contributed by atoms with Crippen molar-refractivity contribution in [2.45, 2.75) is 13.0 Å². The number of hydrogen-bond acceptors (Lipinski definition) is 4. The molecule has 0 bridgehead atoms. The number of sulfonamides is 1. The fourth-order valence-corrected chi connectivity index (χ4v) is 2.64. The molecule has 0 fully saturated rings. The smallest absolute Gasteiger partial charge is 0.320 e. The Hall–Kier alpha value is -1.60. The average Bonchev–Trinajstić information content (AvgIpc) is 2.26. The minimum absolute atomic E-state index is 0.544. The summed E-state index contributed by atoms with van der Waals surface area (Å²) in [5.74, 6) is -1.80. The number of benzene rings is 1. The van der Waals surface area contributed by atoms with Crippen LogP contribution in [0.3, 0.4) is 0 Å². The van der Waals surface area contributed by atoms with E-state index < -0.39 is 27.8 Å². The van der Waals surface area contributed by atoms with Gasteiger partial charge in [0, 0.05) is 11.6 Å². The van der Waals surface area contributed by atoms with Gasteiger partial charge in [-0.2, -0.15) is 0 Å². The predicted octanol–water partition coefficient (Wildman–Crippen LogP) is 0.760. The molecule has 0 spiro atoms. The van der Waals surface area contributed by atoms with E-state index in [9.17, 15) is 13.2 Å². The summed E-state index contributed by atoms with van der Waals surface area (Å²) in [6.45, 7) is 1.62. The first-order valence-corrected chi connectivity index (χ1v) is 6.85. The van der Waals surface area contributed by atoms with Crippen molar-refractivity contribution in [3.63, 3.8) is 0 Å². The van der Waals surface area contributed by atoms with Gasteiger partial charge in [0.15, 0.2) is 5.75 Å². The highest BCUT2D eigenvalue weighted by molar-refractivity contribution is 7.90. The Morgan fingerprint density at radius 3 is 2.61 bits per heavy atom. The number of carboxylic acids is 1. The highest BCUT2D eigenvalue weighted by atomic mass is 32.2. The molecule has 0 aliphatic rings. The molecule has 18 heavy (non-hydrogen) atoms. The largest absolute Gasteiger partial charge is 0.496 e. The molecule has 0 aromatic heterocycles. The lowest BCUT2D eigenvalue weighted by Gasteiger charge is -2.16. The first-order chi connectivity index (χ1) is 8.35. The monoisotopic (exact) mass is 273 g/mol. The summed E-state index contributed by atoms with van der Waals surface area (Å²) in [6.07, 6.45) is 0. The molecule has 100 valence electrons. The predicted molar refractivity (Wildman–Crippen MR) is 66.0 cm³/mol. The third kappa shape index (κ3) is 4.01. The zero-order chi connectivity index (χ0) is 13.8. The number of ether oxygens (including phenoxy) is 1. The SMILES string of the molecule is COc1ccccc1C(C)NS(=O)(=O)CC(=O)O. The normalized spacial score (nSPS) is 13.0. The molecule has 0 heterocycles. The molecule has 0 aliphatic heterocycles. The van der Waals surface area contributed by atoms with Crippen LogP contribution in [0.15, 0.2) is 24.3 Å². The number of carboxylic acid groups (broad SMARTS) is 1. The van der Waals surface area contributed by atoms with Crippen molar-refractivity contribution in [3.05, 3.63) is 29.8 Å². The fourth-order valence-electron chi connectivity index (χ4n) is 1.56. The number of hydrogen-bond donors (Lipinski definition) is 2. The lowest BCUT2D eigenvalue weighted by atomic mass is 10.1. The number of aliphatic carboxylic acids is 1. The van der Waals surface area contributed by atoms with Gasteiger partial charge in [0.1, 0.15) is 5.75 Å². The molecule has 1 rings (SSSR count). The van der Waals surface area contributed by atoms with Gasteiger partial charge in [-0.15, -0.1) is 0 Å². The third-order valence-electron chi connectivity index (χ3n) is 2.28. The molecule has 1 unspecified atom stereocenters. The molecule has 0 amide bonds. The molecule has 1 aromatic rings. The van der Waals surface area contributed by atoms with E-state index in [0.29, 0.717) is 11.3 Å². The van der Waals surface area contributed by atoms with Gasteiger partial charge in [0.05, 0.1) is 7.11 Å². The Bertz CT molecular complexity index is 526. The van der Waals surface area contributed by atoms with E-state index in [0.717, 1.165) is 0 Å². The summed E-state index contributed by atoms with van der Waals surface area (Å²) >= 11 is 0. The van der Waals surface area contributed by atoms with E-state index in [1.54, 1.807) is 31.2 Å². The first-order valence-electron chi connectivity index (χ1n) is 5.20. The summed E-state index contributed by atoms with van der Waals surface area (Å²) in [6, 6.07) is 6.37. The van der Waals surface area contributed by atoms with Crippen molar-refractivity contribution < 1.29 is 23.1 Å². The van der Waals surface area contributed by atoms with E-state index in [1.807, 2.05) is 0 Å². The highest BCUT2D eigenvalue weighted by Crippen LogP contribution is 2.24. The Morgan fingerprint density at radius 2 is 2.06 bits per heavy atom. The van der Waals surface area contributed by atoms with Crippen LogP contribution in [0.4, 0.5) is 0 Å². The molecule has 0 radical (unpaired) electrons. The molecule has 7 heteroatoms. The van der Waals surface area contributed by atoms with Crippen LogP contribution < -0.4 is 9.46 Å². The van der Waals surface area contributed by atoms with Crippen LogP contribution in [-0.4, -0.2) is 32.4 Å². The van der Waals surface area contributed by atoms with E-state index >= 15 is 0 Å². The number of para-hydroxylation sites is 1. The van der Waals surface area contributed by atoms with Crippen molar-refractivity contribution in [2.24, 2.45) is 0 Å². The maximum atomic E-state index is 11.5. The van der Waals surface area contributed by atoms with Gasteiger partial charge in [-0.05, 0) is 13.0 Å². The second kappa shape index (κ2) is 5.83. The van der Waals surface area contributed by atoms with Crippen molar-refractivity contribution >= 4 is 16.0 Å². The van der Waals surface area contributed by atoms with Gasteiger partial charge < -0.3 is 9.84 Å². The van der Waals surface area contributed by atoms with Crippen molar-refractivity contribution in [3.8, 4) is 5.75 Å². The quantitative estimate of drug-likeness (QED) is 0.798. The summed E-state index contributed by atoms with van der Waals surface area (Å²) in [5, 5.41) is 8.49. The van der Waals surface area contributed by atoms with E-state index in [4.69, 9.17) is 9.84 Å². The van der Waals surface area contributed by atoms with Crippen molar-refractivity contribution in [1.82, 2.24) is 4.72 Å². The maximum absolute atomic E-state index is 11.5. The standard InChI is InChI=1S/C11H15NO5S/c1-8(12-18(15,16)7-11(13)14)9-5-3-4-6-10(9)17-2/h3-6,8,12H,7H2,1-2H3,(H,13,14). The van der Waals surface area contributed by atoms with Gasteiger partial charge in [-0.1, -0.05) is 18.2 Å². The van der Waals surface area contributed by atoms with Crippen molar-refractivity contribution in [1.29, 1.82) is 0 Å². The van der Waals surface area contributed by atoms with Crippen LogP contribution in [0.1, 0.15) is 18.5 Å². The average molecular weight is 273 g/mol. The first kappa shape index (κ1) is 14.5. The topological polar surface area (TPSA) is 92.7 Å². The Labute approximate surface area is 106 Å². The third-order valence-corrected chi connectivity index (χ3v) is 3.61. The van der Waals surface area contributed by atoms with Crippen LogP contribution in [0.5, 0.6) is 5.75 Å². The van der Waals surface area contributed by atoms with Crippen LogP contribution in [0, 0.1) is 0 Å². The Balaban J connectivity index is 2.88. The Kier molecular flexibility index (Phi) is 4.69. The molecular formula is C11H15NO5S. The van der Waals surface area contributed by atoms with Crippen molar-refractivity contribution in [2.75, 3.05) is 12.9 Å². The summed E-state index contributed by atoms with van der Waals surface area (Å²) in [5.41, 5.74) is 0.647. The zero-order valence-electron chi connectivity index (χ0n) is 10.1. The molecule has 0 aliphatic carbocycles. The maximum Gasteiger partial charge on any atom is 0.320 e. The van der Waals surface area contributed by atoms with Crippen LogP contribution in [0.25, 0.3) is 0 Å². The second-order valence-corrected chi connectivity index (χ2v) is 5.49. The number of carbonyl (C=O) groups is 1. The number of methoxy groups -OCH3 is 1. The number of rotatable bonds is 6. The van der Waals surface area contributed by atoms with Crippen LogP contribution in [0.2, 0.25) is 0 Å². The van der Waals surface area contributed by atoms with Gasteiger partial charge in [-0.3, -0.25) is 4.79 Å². The molecule has 2 N–H and O–H groups in total. The minimum Gasteiger partial charge on any atom is -0.496 e. The molecule has 1 atom stereocenters. The lowest BCUT2D eigenvalue weighted by molar-refractivity contribution is -0.134. The van der Waals surface area contributed by atoms with Gasteiger partial charge >= 0.3 is 5.97 Å². The van der Waals surface area contributed by atoms with E-state index in [-0.39, 0.29) is 0 Å². The van der Waals surface area contributed by atoms with Crippen LogP contribution >= 0.6 is 0 Å². The number of nitrogens with one attached hydrogen (secondary N) is 1. The molecule has 0 saturated heterocycles. The van der Waals surface area contributed by atoms with E-state index in [1.165, 1.54) is 7.11 Å². The minimum atomic E-state index is -3.86. The highest BCUT2D eigenvalue weighted by Gasteiger charge is 2.20. The van der Waals surface area contributed by atoms with Gasteiger partial charge in [0.25, 0.3) is 0 Å². The summed E-state index contributed by atoms with van der Waals surface area (Å²) < 4.78 is 30.4. The van der Waals surface area contributed by atoms with Crippen LogP contribution in [-0.2, 0) is 14.8 Å². The molecule has 1 aromatic carbocycles. The molecule has 0 saturated carbocycles. The van der Waals surface area contributed by atoms with Gasteiger partial charge in [0.2, 0.25) is 10.0 Å². The second-order valence-electron chi connectivity index (χ2n) is 3.73. The van der Waals surface area contributed by atoms with Gasteiger partial charge in [-0.25, -0.2) is 13.1 Å². The summed E-state index contributed by atoms with van der Waals surface area (Å²) in [4.78, 5) is 10.4. The zero-order valence-corrected chi connectivity index (χ0v) is 10.9.